The van der Waals surface area contributed by atoms with Crippen LogP contribution in [0.1, 0.15) is 13.8 Å². The first-order chi connectivity index (χ1) is 9.02. The van der Waals surface area contributed by atoms with E-state index in [0.717, 1.165) is 6.54 Å². The molecule has 19 heavy (non-hydrogen) atoms. The van der Waals surface area contributed by atoms with Gasteiger partial charge in [0.15, 0.2) is 0 Å². The van der Waals surface area contributed by atoms with E-state index in [0.29, 0.717) is 6.54 Å². The number of carbonyl (C=O) groups excluding carboxylic acids is 2. The molecule has 2 unspecified atom stereocenters. The molecule has 0 saturated heterocycles. The zero-order valence-electron chi connectivity index (χ0n) is 11.4. The van der Waals surface area contributed by atoms with Crippen molar-refractivity contribution in [1.29, 1.82) is 0 Å². The fourth-order valence-electron chi connectivity index (χ4n) is 1.68. The van der Waals surface area contributed by atoms with Crippen LogP contribution < -0.4 is 10.6 Å². The predicted molar refractivity (Wildman–Crippen MR) is 69.3 cm³/mol. The Morgan fingerprint density at radius 1 is 1.47 bits per heavy atom. The van der Waals surface area contributed by atoms with Crippen LogP contribution in [0.25, 0.3) is 0 Å². The molecule has 0 radical (unpaired) electrons. The first-order valence-corrected chi connectivity index (χ1v) is 6.07. The van der Waals surface area contributed by atoms with Crippen molar-refractivity contribution >= 4 is 11.9 Å². The zero-order chi connectivity index (χ0) is 14.3. The van der Waals surface area contributed by atoms with Gasteiger partial charge in [-0.15, -0.1) is 0 Å². The highest BCUT2D eigenvalue weighted by molar-refractivity contribution is 5.83. The van der Waals surface area contributed by atoms with Gasteiger partial charge < -0.3 is 19.9 Å². The topological polar surface area (TPSA) is 85.2 Å². The third kappa shape index (κ3) is 5.52. The summed E-state index contributed by atoms with van der Waals surface area (Å²) < 4.78 is 6.58. The van der Waals surface area contributed by atoms with Gasteiger partial charge in [-0.2, -0.15) is 0 Å². The van der Waals surface area contributed by atoms with E-state index in [9.17, 15) is 9.59 Å². The number of ether oxygens (including phenoxy) is 1. The second-order valence-corrected chi connectivity index (χ2v) is 4.35. The van der Waals surface area contributed by atoms with Crippen molar-refractivity contribution in [3.63, 3.8) is 0 Å². The molecule has 1 amide bonds. The van der Waals surface area contributed by atoms with Crippen LogP contribution in [0.4, 0.5) is 0 Å². The minimum absolute atomic E-state index is 0.134. The number of methoxy groups -OCH3 is 1. The van der Waals surface area contributed by atoms with Crippen molar-refractivity contribution in [3.05, 3.63) is 18.7 Å². The number of amides is 1. The molecular weight excluding hydrogens is 248 g/mol. The second kappa shape index (κ2) is 7.52. The van der Waals surface area contributed by atoms with Crippen molar-refractivity contribution in [2.45, 2.75) is 32.5 Å². The molecule has 0 aromatic carbocycles. The summed E-state index contributed by atoms with van der Waals surface area (Å²) in [6.07, 6.45) is 5.30. The summed E-state index contributed by atoms with van der Waals surface area (Å²) in [5.41, 5.74) is 0. The van der Waals surface area contributed by atoms with Gasteiger partial charge in [0.2, 0.25) is 5.91 Å². The molecule has 1 aromatic rings. The average Bonchev–Trinajstić information content (AvgIpc) is 2.85. The summed E-state index contributed by atoms with van der Waals surface area (Å²) >= 11 is 0. The van der Waals surface area contributed by atoms with E-state index in [4.69, 9.17) is 0 Å². The second-order valence-electron chi connectivity index (χ2n) is 4.35. The average molecular weight is 268 g/mol. The van der Waals surface area contributed by atoms with Crippen LogP contribution >= 0.6 is 0 Å². The molecule has 1 aromatic heterocycles. The Kier molecular flexibility index (Phi) is 6.01. The number of hydrogen-bond acceptors (Lipinski definition) is 5. The number of hydrogen-bond donors (Lipinski definition) is 2. The molecular formula is C12H20N4O3. The molecule has 7 heteroatoms. The maximum Gasteiger partial charge on any atom is 0.329 e. The smallest absolute Gasteiger partial charge is 0.329 e. The monoisotopic (exact) mass is 268 g/mol. The number of rotatable bonds is 7. The highest BCUT2D eigenvalue weighted by Gasteiger charge is 2.20. The molecule has 0 saturated carbocycles. The number of imidazole rings is 1. The standard InChI is InChI=1S/C12H20N4O3/c1-9(7-16-5-4-13-8-16)14-6-11(12(18)19-3)15-10(2)17/h4-5,8-9,11,14H,6-7H2,1-3H3,(H,15,17). The van der Waals surface area contributed by atoms with Crippen molar-refractivity contribution in [1.82, 2.24) is 20.2 Å². The van der Waals surface area contributed by atoms with Crippen LogP contribution in [0.5, 0.6) is 0 Å². The van der Waals surface area contributed by atoms with E-state index in [1.54, 1.807) is 12.5 Å². The van der Waals surface area contributed by atoms with Gasteiger partial charge in [-0.05, 0) is 6.92 Å². The van der Waals surface area contributed by atoms with Crippen molar-refractivity contribution in [2.75, 3.05) is 13.7 Å². The normalized spacial score (nSPS) is 13.6. The Bertz CT molecular complexity index is 405. The molecule has 1 heterocycles. The lowest BCUT2D eigenvalue weighted by atomic mass is 10.2. The van der Waals surface area contributed by atoms with Crippen LogP contribution in [0, 0.1) is 0 Å². The van der Waals surface area contributed by atoms with Crippen molar-refractivity contribution in [2.24, 2.45) is 0 Å². The lowest BCUT2D eigenvalue weighted by molar-refractivity contribution is -0.144. The zero-order valence-corrected chi connectivity index (χ0v) is 11.4. The maximum atomic E-state index is 11.5. The molecule has 0 aliphatic carbocycles. The van der Waals surface area contributed by atoms with Gasteiger partial charge >= 0.3 is 5.97 Å². The Morgan fingerprint density at radius 3 is 2.74 bits per heavy atom. The van der Waals surface area contributed by atoms with E-state index in [2.05, 4.69) is 20.4 Å². The fourth-order valence-corrected chi connectivity index (χ4v) is 1.68. The summed E-state index contributed by atoms with van der Waals surface area (Å²) in [4.78, 5) is 26.5. The largest absolute Gasteiger partial charge is 0.467 e. The van der Waals surface area contributed by atoms with Gasteiger partial charge in [0.1, 0.15) is 6.04 Å². The summed E-state index contributed by atoms with van der Waals surface area (Å²) in [5.74, 6) is -0.725. The molecule has 0 fully saturated rings. The summed E-state index contributed by atoms with van der Waals surface area (Å²) in [7, 11) is 1.30. The van der Waals surface area contributed by atoms with Crippen LogP contribution in [0.15, 0.2) is 18.7 Å². The molecule has 0 aliphatic heterocycles. The summed E-state index contributed by atoms with van der Waals surface area (Å²) in [6.45, 7) is 4.41. The molecule has 7 nitrogen and oxygen atoms in total. The minimum atomic E-state index is -0.673. The lowest BCUT2D eigenvalue weighted by Gasteiger charge is -2.20. The van der Waals surface area contributed by atoms with Gasteiger partial charge in [0, 0.05) is 38.4 Å². The van der Waals surface area contributed by atoms with Gasteiger partial charge in [-0.1, -0.05) is 0 Å². The van der Waals surface area contributed by atoms with E-state index in [1.165, 1.54) is 14.0 Å². The van der Waals surface area contributed by atoms with E-state index in [-0.39, 0.29) is 11.9 Å². The van der Waals surface area contributed by atoms with Crippen molar-refractivity contribution in [3.8, 4) is 0 Å². The number of esters is 1. The van der Waals surface area contributed by atoms with Crippen LogP contribution in [0.2, 0.25) is 0 Å². The molecule has 1 rings (SSSR count). The molecule has 0 spiro atoms. The molecule has 2 atom stereocenters. The van der Waals surface area contributed by atoms with Gasteiger partial charge in [0.05, 0.1) is 13.4 Å². The first kappa shape index (κ1) is 15.2. The maximum absolute atomic E-state index is 11.5. The van der Waals surface area contributed by atoms with Gasteiger partial charge in [-0.25, -0.2) is 9.78 Å². The Labute approximate surface area is 112 Å². The summed E-state index contributed by atoms with van der Waals surface area (Å²) in [5, 5.41) is 5.73. The van der Waals surface area contributed by atoms with E-state index < -0.39 is 12.0 Å². The number of nitrogens with one attached hydrogen (secondary N) is 2. The number of aromatic nitrogens is 2. The Morgan fingerprint density at radius 2 is 2.21 bits per heavy atom. The predicted octanol–water partition coefficient (Wildman–Crippen LogP) is -0.461. The number of carbonyl (C=O) groups is 2. The lowest BCUT2D eigenvalue weighted by Crippen LogP contribution is -2.49. The Hall–Kier alpha value is -1.89. The quantitative estimate of drug-likeness (QED) is 0.654. The van der Waals surface area contributed by atoms with Crippen LogP contribution in [-0.2, 0) is 20.9 Å². The molecule has 106 valence electrons. The van der Waals surface area contributed by atoms with Crippen LogP contribution in [-0.4, -0.2) is 47.2 Å². The van der Waals surface area contributed by atoms with Crippen LogP contribution in [0.3, 0.4) is 0 Å². The van der Waals surface area contributed by atoms with Crippen molar-refractivity contribution < 1.29 is 14.3 Å². The third-order valence-corrected chi connectivity index (χ3v) is 2.58. The van der Waals surface area contributed by atoms with Gasteiger partial charge in [0.25, 0.3) is 0 Å². The fraction of sp³-hybridized carbons (Fsp3) is 0.583. The molecule has 0 aliphatic rings. The van der Waals surface area contributed by atoms with E-state index in [1.807, 2.05) is 17.7 Å². The SMILES string of the molecule is COC(=O)C(CNC(C)Cn1ccnc1)NC(C)=O. The minimum Gasteiger partial charge on any atom is -0.467 e. The first-order valence-electron chi connectivity index (χ1n) is 6.07. The number of nitrogens with zero attached hydrogens (tertiary/aromatic N) is 2. The molecule has 0 bridgehead atoms. The third-order valence-electron chi connectivity index (χ3n) is 2.58. The summed E-state index contributed by atoms with van der Waals surface area (Å²) in [6, 6.07) is -0.539. The highest BCUT2D eigenvalue weighted by atomic mass is 16.5. The van der Waals surface area contributed by atoms with E-state index >= 15 is 0 Å². The van der Waals surface area contributed by atoms with Gasteiger partial charge in [-0.3, -0.25) is 4.79 Å². The Balaban J connectivity index is 2.41. The molecule has 2 N–H and O–H groups in total. The highest BCUT2D eigenvalue weighted by Crippen LogP contribution is 1.93.